The second-order valence-corrected chi connectivity index (χ2v) is 5.40. The van der Waals surface area contributed by atoms with Crippen molar-refractivity contribution in [1.29, 1.82) is 0 Å². The molecule has 0 bridgehead atoms. The first kappa shape index (κ1) is 17.2. The Balaban J connectivity index is 2.54. The first-order valence-electron chi connectivity index (χ1n) is 7.40. The molecule has 2 aromatic heterocycles. The van der Waals surface area contributed by atoms with Gasteiger partial charge in [0.15, 0.2) is 0 Å². The molecule has 0 spiro atoms. The number of hydrogen-bond donors (Lipinski definition) is 1. The van der Waals surface area contributed by atoms with Gasteiger partial charge in [-0.25, -0.2) is 4.79 Å². The number of aromatic amines is 1. The number of aromatic nitrogens is 2. The molecule has 0 aliphatic carbocycles. The van der Waals surface area contributed by atoms with Crippen LogP contribution in [0.2, 0.25) is 0 Å². The number of rotatable bonds is 5. The normalized spacial score (nSPS) is 12.3. The van der Waals surface area contributed by atoms with Crippen LogP contribution >= 0.6 is 0 Å². The zero-order chi connectivity index (χ0) is 17.2. The Morgan fingerprint density at radius 3 is 2.48 bits per heavy atom. The van der Waals surface area contributed by atoms with Crippen molar-refractivity contribution in [1.82, 2.24) is 9.97 Å². The maximum Gasteiger partial charge on any atom is 0.449 e. The molecule has 5 nitrogen and oxygen atoms in total. The maximum absolute atomic E-state index is 12.7. The molecule has 2 rings (SSSR count). The fourth-order valence-electron chi connectivity index (χ4n) is 2.54. The lowest BCUT2D eigenvalue weighted by molar-refractivity contribution is -0.145. The minimum atomic E-state index is -4.82. The van der Waals surface area contributed by atoms with E-state index in [-0.39, 0.29) is 5.39 Å². The van der Waals surface area contributed by atoms with E-state index in [4.69, 9.17) is 4.42 Å². The molecule has 126 valence electrons. The lowest BCUT2D eigenvalue weighted by atomic mass is 9.94. The van der Waals surface area contributed by atoms with E-state index < -0.39 is 28.9 Å². The summed E-state index contributed by atoms with van der Waals surface area (Å²) in [4.78, 5) is 28.5. The SMILES string of the molecule is CCC(CC)CCc1cc(=O)oc2nc(C(F)(F)F)[nH]c(=O)c12. The third-order valence-corrected chi connectivity index (χ3v) is 3.94. The smallest absolute Gasteiger partial charge is 0.403 e. The molecular weight excluding hydrogens is 313 g/mol. The minimum Gasteiger partial charge on any atom is -0.403 e. The van der Waals surface area contributed by atoms with Crippen molar-refractivity contribution in [2.24, 2.45) is 5.92 Å². The second kappa shape index (κ2) is 6.55. The van der Waals surface area contributed by atoms with Crippen LogP contribution in [0.4, 0.5) is 13.2 Å². The summed E-state index contributed by atoms with van der Waals surface area (Å²) >= 11 is 0. The van der Waals surface area contributed by atoms with Crippen molar-refractivity contribution in [2.45, 2.75) is 45.7 Å². The highest BCUT2D eigenvalue weighted by Gasteiger charge is 2.35. The van der Waals surface area contributed by atoms with Crippen LogP contribution in [-0.2, 0) is 12.6 Å². The number of nitrogens with zero attached hydrogens (tertiary/aromatic N) is 1. The van der Waals surface area contributed by atoms with E-state index in [2.05, 4.69) is 4.98 Å². The second-order valence-electron chi connectivity index (χ2n) is 5.40. The van der Waals surface area contributed by atoms with Crippen molar-refractivity contribution in [2.75, 3.05) is 0 Å². The van der Waals surface area contributed by atoms with Crippen LogP contribution in [0.25, 0.3) is 11.1 Å². The highest BCUT2D eigenvalue weighted by atomic mass is 19.4. The third kappa shape index (κ3) is 3.80. The van der Waals surface area contributed by atoms with E-state index in [9.17, 15) is 22.8 Å². The molecule has 0 aliphatic rings. The fourth-order valence-corrected chi connectivity index (χ4v) is 2.54. The Hall–Kier alpha value is -2.12. The Bertz CT molecular complexity index is 804. The molecule has 0 atom stereocenters. The van der Waals surface area contributed by atoms with Crippen LogP contribution in [-0.4, -0.2) is 9.97 Å². The maximum atomic E-state index is 12.7. The Labute approximate surface area is 129 Å². The van der Waals surface area contributed by atoms with Gasteiger partial charge in [0, 0.05) is 6.07 Å². The summed E-state index contributed by atoms with van der Waals surface area (Å²) in [5, 5.41) is -0.0939. The summed E-state index contributed by atoms with van der Waals surface area (Å²) in [6, 6.07) is 1.15. The first-order chi connectivity index (χ1) is 10.8. The topological polar surface area (TPSA) is 76.0 Å². The van der Waals surface area contributed by atoms with E-state index in [0.29, 0.717) is 17.9 Å². The van der Waals surface area contributed by atoms with Gasteiger partial charge in [-0.15, -0.1) is 0 Å². The van der Waals surface area contributed by atoms with E-state index in [1.54, 1.807) is 4.98 Å². The molecule has 0 aliphatic heterocycles. The van der Waals surface area contributed by atoms with Gasteiger partial charge in [0.05, 0.1) is 0 Å². The van der Waals surface area contributed by atoms with Gasteiger partial charge in [-0.1, -0.05) is 26.7 Å². The van der Waals surface area contributed by atoms with Gasteiger partial charge in [-0.2, -0.15) is 18.2 Å². The zero-order valence-corrected chi connectivity index (χ0v) is 12.8. The number of aryl methyl sites for hydroxylation is 1. The van der Waals surface area contributed by atoms with E-state index in [1.807, 2.05) is 13.8 Å². The van der Waals surface area contributed by atoms with Crippen molar-refractivity contribution in [3.8, 4) is 0 Å². The largest absolute Gasteiger partial charge is 0.449 e. The van der Waals surface area contributed by atoms with Crippen LogP contribution in [0.1, 0.15) is 44.5 Å². The van der Waals surface area contributed by atoms with Gasteiger partial charge in [0.25, 0.3) is 5.56 Å². The molecule has 2 heterocycles. The summed E-state index contributed by atoms with van der Waals surface area (Å²) in [5.74, 6) is -1.06. The van der Waals surface area contributed by atoms with Gasteiger partial charge in [-0.05, 0) is 24.3 Å². The summed E-state index contributed by atoms with van der Waals surface area (Å²) in [6.07, 6.45) is -1.79. The Morgan fingerprint density at radius 2 is 1.91 bits per heavy atom. The molecule has 8 heteroatoms. The molecule has 0 aromatic carbocycles. The van der Waals surface area contributed by atoms with Crippen molar-refractivity contribution >= 4 is 11.1 Å². The predicted molar refractivity (Wildman–Crippen MR) is 78.3 cm³/mol. The molecule has 0 fully saturated rings. The number of fused-ring (bicyclic) bond motifs is 1. The van der Waals surface area contributed by atoms with Gasteiger partial charge < -0.3 is 9.40 Å². The average Bonchev–Trinajstić information content (AvgIpc) is 2.46. The molecule has 0 saturated carbocycles. The summed E-state index contributed by atoms with van der Waals surface area (Å²) in [5.41, 5.74) is -1.98. The number of nitrogens with one attached hydrogen (secondary N) is 1. The lowest BCUT2D eigenvalue weighted by Crippen LogP contribution is -2.21. The third-order valence-electron chi connectivity index (χ3n) is 3.94. The zero-order valence-electron chi connectivity index (χ0n) is 12.8. The van der Waals surface area contributed by atoms with Crippen LogP contribution in [0, 0.1) is 5.92 Å². The summed E-state index contributed by atoms with van der Waals surface area (Å²) in [6.45, 7) is 4.07. The van der Waals surface area contributed by atoms with Crippen LogP contribution in [0.15, 0.2) is 20.1 Å². The van der Waals surface area contributed by atoms with E-state index in [1.165, 1.54) is 0 Å². The monoisotopic (exact) mass is 330 g/mol. The lowest BCUT2D eigenvalue weighted by Gasteiger charge is -2.12. The van der Waals surface area contributed by atoms with Gasteiger partial charge >= 0.3 is 11.8 Å². The van der Waals surface area contributed by atoms with E-state index >= 15 is 0 Å². The highest BCUT2D eigenvalue weighted by molar-refractivity contribution is 5.75. The van der Waals surface area contributed by atoms with Crippen molar-refractivity contribution in [3.05, 3.63) is 38.2 Å². The van der Waals surface area contributed by atoms with Crippen LogP contribution < -0.4 is 11.2 Å². The van der Waals surface area contributed by atoms with Crippen molar-refractivity contribution < 1.29 is 17.6 Å². The fraction of sp³-hybridized carbons (Fsp3) is 0.533. The van der Waals surface area contributed by atoms with Gasteiger partial charge in [0.1, 0.15) is 5.39 Å². The van der Waals surface area contributed by atoms with Crippen molar-refractivity contribution in [3.63, 3.8) is 0 Å². The first-order valence-corrected chi connectivity index (χ1v) is 7.40. The molecular formula is C15H17F3N2O3. The quantitative estimate of drug-likeness (QED) is 0.913. The summed E-state index contributed by atoms with van der Waals surface area (Å²) in [7, 11) is 0. The molecule has 2 aromatic rings. The average molecular weight is 330 g/mol. The minimum absolute atomic E-state index is 0.0939. The number of alkyl halides is 3. The van der Waals surface area contributed by atoms with Crippen LogP contribution in [0.5, 0.6) is 0 Å². The molecule has 0 amide bonds. The molecule has 1 N–H and O–H groups in total. The highest BCUT2D eigenvalue weighted by Crippen LogP contribution is 2.26. The molecule has 0 saturated heterocycles. The number of halogens is 3. The van der Waals surface area contributed by atoms with Gasteiger partial charge in [-0.3, -0.25) is 4.79 Å². The molecule has 0 unspecified atom stereocenters. The Morgan fingerprint density at radius 1 is 1.26 bits per heavy atom. The number of H-pyrrole nitrogens is 1. The Kier molecular flexibility index (Phi) is 4.91. The molecule has 0 radical (unpaired) electrons. The predicted octanol–water partition coefficient (Wildman–Crippen LogP) is 3.26. The summed E-state index contributed by atoms with van der Waals surface area (Å²) < 4.78 is 42.8. The van der Waals surface area contributed by atoms with E-state index in [0.717, 1.165) is 25.3 Å². The van der Waals surface area contributed by atoms with Crippen LogP contribution in [0.3, 0.4) is 0 Å². The standard InChI is InChI=1S/C15H17F3N2O3/c1-3-8(4-2)5-6-9-7-10(21)23-13-11(9)12(22)19-14(20-13)15(16,17)18/h7-8H,3-6H2,1-2H3,(H,19,20,22). The molecule has 23 heavy (non-hydrogen) atoms. The van der Waals surface area contributed by atoms with Gasteiger partial charge in [0.2, 0.25) is 11.5 Å². The number of hydrogen-bond acceptors (Lipinski definition) is 4.